The number of benzene rings is 1. The highest BCUT2D eigenvalue weighted by molar-refractivity contribution is 5.94. The van der Waals surface area contributed by atoms with E-state index in [1.54, 1.807) is 20.3 Å². The number of hydrogen-bond donors (Lipinski definition) is 1. The van der Waals surface area contributed by atoms with Crippen LogP contribution in [0.2, 0.25) is 0 Å². The van der Waals surface area contributed by atoms with Crippen molar-refractivity contribution in [3.8, 4) is 5.75 Å². The molecule has 0 aromatic heterocycles. The topological polar surface area (TPSA) is 71.1 Å². The van der Waals surface area contributed by atoms with Crippen molar-refractivity contribution in [2.24, 2.45) is 5.92 Å². The van der Waals surface area contributed by atoms with Crippen LogP contribution in [-0.4, -0.2) is 81.2 Å². The Morgan fingerprint density at radius 1 is 1.14 bits per heavy atom. The van der Waals surface area contributed by atoms with Gasteiger partial charge in [-0.15, -0.1) is 0 Å². The lowest BCUT2D eigenvalue weighted by Crippen LogP contribution is -2.58. The van der Waals surface area contributed by atoms with Crippen molar-refractivity contribution in [1.29, 1.82) is 0 Å². The minimum atomic E-state index is -0.108. The zero-order chi connectivity index (χ0) is 20.6. The van der Waals surface area contributed by atoms with Crippen molar-refractivity contribution in [2.45, 2.75) is 31.7 Å². The number of carbonyl (C=O) groups excluding carboxylic acids is 2. The molecule has 2 amide bonds. The van der Waals surface area contributed by atoms with Crippen LogP contribution in [0.4, 0.5) is 0 Å². The molecule has 2 fully saturated rings. The Balaban J connectivity index is 1.61. The van der Waals surface area contributed by atoms with Crippen LogP contribution in [0, 0.1) is 5.92 Å². The first kappa shape index (κ1) is 21.6. The molecule has 1 N–H and O–H groups in total. The van der Waals surface area contributed by atoms with Gasteiger partial charge in [0.25, 0.3) is 5.91 Å². The molecule has 1 saturated heterocycles. The molecule has 1 heterocycles. The van der Waals surface area contributed by atoms with Crippen LogP contribution in [0.25, 0.3) is 0 Å². The van der Waals surface area contributed by atoms with Crippen molar-refractivity contribution in [1.82, 2.24) is 15.1 Å². The fourth-order valence-corrected chi connectivity index (χ4v) is 4.47. The predicted octanol–water partition coefficient (Wildman–Crippen LogP) is 1.77. The summed E-state index contributed by atoms with van der Waals surface area (Å²) in [6, 6.07) is 7.16. The molecule has 1 atom stereocenters. The van der Waals surface area contributed by atoms with Gasteiger partial charge in [0.05, 0.1) is 19.8 Å². The Morgan fingerprint density at radius 3 is 2.52 bits per heavy atom. The van der Waals surface area contributed by atoms with Crippen LogP contribution >= 0.6 is 0 Å². The lowest BCUT2D eigenvalue weighted by Gasteiger charge is -2.40. The molecular formula is C22H33N3O4. The largest absolute Gasteiger partial charge is 0.497 e. The summed E-state index contributed by atoms with van der Waals surface area (Å²) in [5.41, 5.74) is 0.641. The number of nitrogens with zero attached hydrogens (tertiary/aromatic N) is 2. The molecule has 0 radical (unpaired) electrons. The van der Waals surface area contributed by atoms with E-state index in [-0.39, 0.29) is 17.9 Å². The summed E-state index contributed by atoms with van der Waals surface area (Å²) in [6.07, 6.45) is 4.60. The minimum absolute atomic E-state index is 0.0190. The standard InChI is InChI=1S/C22H33N3O4/c1-28-15-10-23-21(26)20(17-6-3-4-7-17)24-11-13-25(14-12-24)22(27)18-8-5-9-19(16-18)29-2/h5,8-9,16-17,20H,3-4,6-7,10-15H2,1-2H3,(H,23,26). The van der Waals surface area contributed by atoms with Crippen molar-refractivity contribution in [3.63, 3.8) is 0 Å². The van der Waals surface area contributed by atoms with Gasteiger partial charge in [-0.25, -0.2) is 0 Å². The van der Waals surface area contributed by atoms with Gasteiger partial charge in [-0.1, -0.05) is 18.9 Å². The zero-order valence-corrected chi connectivity index (χ0v) is 17.6. The summed E-state index contributed by atoms with van der Waals surface area (Å²) >= 11 is 0. The predicted molar refractivity (Wildman–Crippen MR) is 111 cm³/mol. The molecule has 1 aromatic rings. The Hall–Kier alpha value is -2.12. The molecule has 3 rings (SSSR count). The van der Waals surface area contributed by atoms with Gasteiger partial charge in [0, 0.05) is 45.4 Å². The second kappa shape index (κ2) is 10.6. The Bertz CT molecular complexity index is 682. The minimum Gasteiger partial charge on any atom is -0.497 e. The highest BCUT2D eigenvalue weighted by Crippen LogP contribution is 2.31. The SMILES string of the molecule is COCCNC(=O)C(C1CCCC1)N1CCN(C(=O)c2cccc(OC)c2)CC1. The average Bonchev–Trinajstić information content (AvgIpc) is 3.28. The summed E-state index contributed by atoms with van der Waals surface area (Å²) in [4.78, 5) is 29.9. The van der Waals surface area contributed by atoms with Crippen LogP contribution in [0.1, 0.15) is 36.0 Å². The number of amides is 2. The summed E-state index contributed by atoms with van der Waals surface area (Å²) in [5.74, 6) is 1.20. The van der Waals surface area contributed by atoms with Crippen LogP contribution in [-0.2, 0) is 9.53 Å². The lowest BCUT2D eigenvalue weighted by atomic mass is 9.95. The summed E-state index contributed by atoms with van der Waals surface area (Å²) in [5, 5.41) is 3.03. The Labute approximate surface area is 173 Å². The number of piperazine rings is 1. The number of carbonyl (C=O) groups is 2. The molecule has 0 bridgehead atoms. The maximum Gasteiger partial charge on any atom is 0.254 e. The summed E-state index contributed by atoms with van der Waals surface area (Å²) < 4.78 is 10.3. The highest BCUT2D eigenvalue weighted by atomic mass is 16.5. The van der Waals surface area contributed by atoms with E-state index in [9.17, 15) is 9.59 Å². The van der Waals surface area contributed by atoms with Gasteiger partial charge in [-0.05, 0) is 37.0 Å². The van der Waals surface area contributed by atoms with Crippen molar-refractivity contribution in [2.75, 3.05) is 53.6 Å². The molecule has 7 heteroatoms. The van der Waals surface area contributed by atoms with Crippen LogP contribution in [0.5, 0.6) is 5.75 Å². The van der Waals surface area contributed by atoms with Gasteiger partial charge in [0.1, 0.15) is 5.75 Å². The lowest BCUT2D eigenvalue weighted by molar-refractivity contribution is -0.129. The van der Waals surface area contributed by atoms with Crippen LogP contribution in [0.3, 0.4) is 0 Å². The van der Waals surface area contributed by atoms with Crippen LogP contribution in [0.15, 0.2) is 24.3 Å². The van der Waals surface area contributed by atoms with E-state index in [1.165, 1.54) is 12.8 Å². The monoisotopic (exact) mass is 403 g/mol. The molecule has 29 heavy (non-hydrogen) atoms. The normalized spacial score (nSPS) is 19.2. The van der Waals surface area contributed by atoms with E-state index in [0.29, 0.717) is 56.6 Å². The molecule has 1 unspecified atom stereocenters. The number of methoxy groups -OCH3 is 2. The van der Waals surface area contributed by atoms with Gasteiger partial charge in [0.2, 0.25) is 5.91 Å². The smallest absolute Gasteiger partial charge is 0.254 e. The fraction of sp³-hybridized carbons (Fsp3) is 0.636. The van der Waals surface area contributed by atoms with Gasteiger partial charge in [-0.3, -0.25) is 14.5 Å². The Kier molecular flexibility index (Phi) is 7.89. The highest BCUT2D eigenvalue weighted by Gasteiger charge is 2.37. The molecular weight excluding hydrogens is 370 g/mol. The summed E-state index contributed by atoms with van der Waals surface area (Å²) in [6.45, 7) is 3.75. The second-order valence-electron chi connectivity index (χ2n) is 7.83. The zero-order valence-electron chi connectivity index (χ0n) is 17.6. The van der Waals surface area contributed by atoms with Crippen molar-refractivity contribution in [3.05, 3.63) is 29.8 Å². The number of hydrogen-bond acceptors (Lipinski definition) is 5. The maximum atomic E-state index is 12.9. The van der Waals surface area contributed by atoms with Crippen molar-refractivity contribution < 1.29 is 19.1 Å². The Morgan fingerprint density at radius 2 is 1.86 bits per heavy atom. The van der Waals surface area contributed by atoms with Crippen molar-refractivity contribution >= 4 is 11.8 Å². The van der Waals surface area contributed by atoms with Gasteiger partial charge < -0.3 is 19.7 Å². The van der Waals surface area contributed by atoms with Crippen LogP contribution < -0.4 is 10.1 Å². The molecule has 0 spiro atoms. The first-order valence-electron chi connectivity index (χ1n) is 10.6. The number of ether oxygens (including phenoxy) is 2. The van der Waals surface area contributed by atoms with Gasteiger partial charge >= 0.3 is 0 Å². The average molecular weight is 404 g/mol. The van der Waals surface area contributed by atoms with E-state index < -0.39 is 0 Å². The number of nitrogens with one attached hydrogen (secondary N) is 1. The van der Waals surface area contributed by atoms with E-state index in [4.69, 9.17) is 9.47 Å². The third-order valence-electron chi connectivity index (χ3n) is 6.03. The van der Waals surface area contributed by atoms with E-state index in [1.807, 2.05) is 23.1 Å². The maximum absolute atomic E-state index is 12.9. The molecule has 2 aliphatic rings. The first-order chi connectivity index (χ1) is 14.1. The quantitative estimate of drug-likeness (QED) is 0.670. The molecule has 7 nitrogen and oxygen atoms in total. The van der Waals surface area contributed by atoms with E-state index >= 15 is 0 Å². The molecule has 1 aliphatic heterocycles. The molecule has 1 aliphatic carbocycles. The number of rotatable bonds is 8. The van der Waals surface area contributed by atoms with Gasteiger partial charge in [0.15, 0.2) is 0 Å². The molecule has 160 valence electrons. The first-order valence-corrected chi connectivity index (χ1v) is 10.6. The third-order valence-corrected chi connectivity index (χ3v) is 6.03. The second-order valence-corrected chi connectivity index (χ2v) is 7.83. The third kappa shape index (κ3) is 5.48. The fourth-order valence-electron chi connectivity index (χ4n) is 4.47. The van der Waals surface area contributed by atoms with E-state index in [0.717, 1.165) is 12.8 Å². The van der Waals surface area contributed by atoms with E-state index in [2.05, 4.69) is 10.2 Å². The summed E-state index contributed by atoms with van der Waals surface area (Å²) in [7, 11) is 3.24. The molecule has 1 aromatic carbocycles. The van der Waals surface area contributed by atoms with Gasteiger partial charge in [-0.2, -0.15) is 0 Å². The molecule has 1 saturated carbocycles.